The van der Waals surface area contributed by atoms with E-state index in [2.05, 4.69) is 5.16 Å². The molecule has 0 bridgehead atoms. The average molecular weight is 253 g/mol. The highest BCUT2D eigenvalue weighted by atomic mass is 32.1. The fraction of sp³-hybridized carbons (Fsp3) is 0.500. The van der Waals surface area contributed by atoms with E-state index in [1.54, 1.807) is 11.4 Å². The van der Waals surface area contributed by atoms with Crippen LogP contribution in [0.5, 0.6) is 0 Å². The third-order valence-corrected chi connectivity index (χ3v) is 4.16. The summed E-state index contributed by atoms with van der Waals surface area (Å²) in [5.74, 6) is -0.760. The van der Waals surface area contributed by atoms with Crippen molar-refractivity contribution >= 4 is 23.0 Å². The Bertz CT molecular complexity index is 433. The summed E-state index contributed by atoms with van der Waals surface area (Å²) in [5, 5.41) is 23.3. The number of hydrogen-bond donors (Lipinski definition) is 2. The average Bonchev–Trinajstić information content (AvgIpc) is 2.81. The third-order valence-electron chi connectivity index (χ3n) is 3.23. The van der Waals surface area contributed by atoms with E-state index in [0.717, 1.165) is 25.7 Å². The normalized spacial score (nSPS) is 18.2. The first-order valence-corrected chi connectivity index (χ1v) is 6.65. The van der Waals surface area contributed by atoms with Crippen LogP contribution in [0.2, 0.25) is 0 Å². The molecule has 1 aromatic rings. The van der Waals surface area contributed by atoms with Gasteiger partial charge in [0.15, 0.2) is 0 Å². The predicted molar refractivity (Wildman–Crippen MR) is 66.2 cm³/mol. The molecule has 17 heavy (non-hydrogen) atoms. The van der Waals surface area contributed by atoms with Crippen LogP contribution in [0.15, 0.2) is 16.6 Å². The molecule has 1 heterocycles. The first-order valence-electron chi connectivity index (χ1n) is 5.77. The Morgan fingerprint density at radius 3 is 2.65 bits per heavy atom. The number of rotatable bonds is 3. The van der Waals surface area contributed by atoms with E-state index in [1.165, 1.54) is 17.8 Å². The van der Waals surface area contributed by atoms with E-state index < -0.39 is 5.97 Å². The van der Waals surface area contributed by atoms with Gasteiger partial charge in [-0.1, -0.05) is 24.4 Å². The van der Waals surface area contributed by atoms with E-state index in [1.807, 2.05) is 0 Å². The molecule has 92 valence electrons. The van der Waals surface area contributed by atoms with Crippen LogP contribution in [0.3, 0.4) is 0 Å². The van der Waals surface area contributed by atoms with Gasteiger partial charge >= 0.3 is 5.97 Å². The Hall–Kier alpha value is -1.36. The van der Waals surface area contributed by atoms with E-state index in [0.29, 0.717) is 10.6 Å². The number of carboxylic acid groups (broad SMARTS) is 1. The van der Waals surface area contributed by atoms with Crippen molar-refractivity contribution in [1.29, 1.82) is 0 Å². The van der Waals surface area contributed by atoms with Gasteiger partial charge in [0.1, 0.15) is 5.71 Å². The van der Waals surface area contributed by atoms with Gasteiger partial charge in [0, 0.05) is 5.92 Å². The standard InChI is InChI=1S/C12H15NO3S/c14-12(15)9-6-7-17-11(9)10(13-16)8-4-2-1-3-5-8/h6-8,16H,1-5H2,(H,14,15). The summed E-state index contributed by atoms with van der Waals surface area (Å²) in [6.07, 6.45) is 5.42. The molecule has 2 rings (SSSR count). The number of thiophene rings is 1. The Morgan fingerprint density at radius 2 is 2.06 bits per heavy atom. The molecule has 0 saturated heterocycles. The van der Waals surface area contributed by atoms with Crippen LogP contribution in [0.4, 0.5) is 0 Å². The fourth-order valence-corrected chi connectivity index (χ4v) is 3.32. The Morgan fingerprint density at radius 1 is 1.35 bits per heavy atom. The second-order valence-corrected chi connectivity index (χ2v) is 5.20. The number of carboxylic acids is 1. The summed E-state index contributed by atoms with van der Waals surface area (Å²) in [6, 6.07) is 1.57. The molecule has 0 aliphatic heterocycles. The highest BCUT2D eigenvalue weighted by Crippen LogP contribution is 2.30. The maximum Gasteiger partial charge on any atom is 0.337 e. The number of nitrogens with zero attached hydrogens (tertiary/aromatic N) is 1. The molecule has 0 unspecified atom stereocenters. The molecule has 4 nitrogen and oxygen atoms in total. The molecule has 0 aromatic carbocycles. The molecule has 1 saturated carbocycles. The third kappa shape index (κ3) is 2.49. The Balaban J connectivity index is 2.29. The van der Waals surface area contributed by atoms with Crippen molar-refractivity contribution in [2.75, 3.05) is 0 Å². The quantitative estimate of drug-likeness (QED) is 0.493. The van der Waals surface area contributed by atoms with Crippen molar-refractivity contribution < 1.29 is 15.1 Å². The molecular weight excluding hydrogens is 238 g/mol. The smallest absolute Gasteiger partial charge is 0.337 e. The minimum Gasteiger partial charge on any atom is -0.478 e. The van der Waals surface area contributed by atoms with Gasteiger partial charge < -0.3 is 10.3 Å². The second-order valence-electron chi connectivity index (χ2n) is 4.29. The zero-order chi connectivity index (χ0) is 12.3. The van der Waals surface area contributed by atoms with E-state index >= 15 is 0 Å². The Labute approximate surface area is 104 Å². The lowest BCUT2D eigenvalue weighted by molar-refractivity contribution is 0.0697. The van der Waals surface area contributed by atoms with Crippen LogP contribution in [0, 0.1) is 5.92 Å². The van der Waals surface area contributed by atoms with Crippen LogP contribution >= 0.6 is 11.3 Å². The van der Waals surface area contributed by atoms with Gasteiger partial charge in [0.05, 0.1) is 10.4 Å². The van der Waals surface area contributed by atoms with Gasteiger partial charge in [0.2, 0.25) is 0 Å². The molecule has 0 amide bonds. The van der Waals surface area contributed by atoms with Crippen molar-refractivity contribution in [3.05, 3.63) is 21.9 Å². The van der Waals surface area contributed by atoms with Gasteiger partial charge in [-0.05, 0) is 24.3 Å². The van der Waals surface area contributed by atoms with Crippen molar-refractivity contribution in [2.45, 2.75) is 32.1 Å². The summed E-state index contributed by atoms with van der Waals surface area (Å²) >= 11 is 1.33. The number of hydrogen-bond acceptors (Lipinski definition) is 4. The van der Waals surface area contributed by atoms with Gasteiger partial charge in [-0.25, -0.2) is 4.79 Å². The van der Waals surface area contributed by atoms with Crippen LogP contribution in [-0.4, -0.2) is 22.0 Å². The van der Waals surface area contributed by atoms with Gasteiger partial charge in [-0.2, -0.15) is 0 Å². The van der Waals surface area contributed by atoms with Crippen molar-refractivity contribution in [2.24, 2.45) is 11.1 Å². The monoisotopic (exact) mass is 253 g/mol. The van der Waals surface area contributed by atoms with E-state index in [-0.39, 0.29) is 11.5 Å². The highest BCUT2D eigenvalue weighted by Gasteiger charge is 2.25. The lowest BCUT2D eigenvalue weighted by Gasteiger charge is -2.22. The Kier molecular flexibility index (Phi) is 3.78. The molecule has 0 radical (unpaired) electrons. The van der Waals surface area contributed by atoms with Crippen LogP contribution < -0.4 is 0 Å². The minimum absolute atomic E-state index is 0.200. The first kappa shape index (κ1) is 12.1. The first-order chi connectivity index (χ1) is 8.24. The summed E-state index contributed by atoms with van der Waals surface area (Å²) < 4.78 is 0. The summed E-state index contributed by atoms with van der Waals surface area (Å²) in [7, 11) is 0. The zero-order valence-corrected chi connectivity index (χ0v) is 10.2. The van der Waals surface area contributed by atoms with Crippen molar-refractivity contribution in [1.82, 2.24) is 0 Å². The molecule has 1 aliphatic carbocycles. The topological polar surface area (TPSA) is 69.9 Å². The number of aromatic carboxylic acids is 1. The highest BCUT2D eigenvalue weighted by molar-refractivity contribution is 7.12. The van der Waals surface area contributed by atoms with Crippen molar-refractivity contribution in [3.8, 4) is 0 Å². The van der Waals surface area contributed by atoms with Crippen LogP contribution in [-0.2, 0) is 0 Å². The lowest BCUT2D eigenvalue weighted by atomic mass is 9.84. The molecular formula is C12H15NO3S. The summed E-state index contributed by atoms with van der Waals surface area (Å²) in [6.45, 7) is 0. The SMILES string of the molecule is O=C(O)c1ccsc1C(=NO)C1CCCCC1. The van der Waals surface area contributed by atoms with Gasteiger partial charge in [-0.3, -0.25) is 0 Å². The van der Waals surface area contributed by atoms with Gasteiger partial charge in [0.25, 0.3) is 0 Å². The maximum absolute atomic E-state index is 11.1. The molecule has 1 aliphatic rings. The molecule has 0 spiro atoms. The fourth-order valence-electron chi connectivity index (χ4n) is 2.36. The minimum atomic E-state index is -0.960. The molecule has 1 aromatic heterocycles. The maximum atomic E-state index is 11.1. The number of carbonyl (C=O) groups is 1. The molecule has 0 atom stereocenters. The molecule has 1 fully saturated rings. The lowest BCUT2D eigenvalue weighted by Crippen LogP contribution is -2.20. The van der Waals surface area contributed by atoms with Gasteiger partial charge in [-0.15, -0.1) is 11.3 Å². The second kappa shape index (κ2) is 5.31. The van der Waals surface area contributed by atoms with E-state index in [9.17, 15) is 4.79 Å². The summed E-state index contributed by atoms with van der Waals surface area (Å²) in [4.78, 5) is 11.7. The zero-order valence-electron chi connectivity index (χ0n) is 9.43. The largest absolute Gasteiger partial charge is 0.478 e. The van der Waals surface area contributed by atoms with E-state index in [4.69, 9.17) is 10.3 Å². The van der Waals surface area contributed by atoms with Crippen LogP contribution in [0.1, 0.15) is 47.3 Å². The predicted octanol–water partition coefficient (Wildman–Crippen LogP) is 3.20. The van der Waals surface area contributed by atoms with Crippen LogP contribution in [0.25, 0.3) is 0 Å². The number of oxime groups is 1. The molecule has 2 N–H and O–H groups in total. The van der Waals surface area contributed by atoms with Crippen molar-refractivity contribution in [3.63, 3.8) is 0 Å². The molecule has 5 heteroatoms. The summed E-state index contributed by atoms with van der Waals surface area (Å²) in [5.41, 5.74) is 0.797.